The highest BCUT2D eigenvalue weighted by Crippen LogP contribution is 2.43. The van der Waals surface area contributed by atoms with Crippen molar-refractivity contribution in [1.82, 2.24) is 0 Å². The van der Waals surface area contributed by atoms with E-state index in [4.69, 9.17) is 9.47 Å². The zero-order valence-corrected chi connectivity index (χ0v) is 21.6. The number of rotatable bonds is 4. The molecular formula is C31H31NO5. The van der Waals surface area contributed by atoms with Crippen LogP contribution in [-0.4, -0.2) is 30.5 Å². The fourth-order valence-corrected chi connectivity index (χ4v) is 5.00. The molecule has 2 aliphatic rings. The largest absolute Gasteiger partial charge is 0.507 e. The number of anilines is 1. The summed E-state index contributed by atoms with van der Waals surface area (Å²) >= 11 is 0. The Bertz CT molecular complexity index is 1400. The molecule has 0 aromatic heterocycles. The Morgan fingerprint density at radius 3 is 2.49 bits per heavy atom. The molecule has 0 saturated carbocycles. The van der Waals surface area contributed by atoms with Crippen LogP contribution in [0.1, 0.15) is 55.5 Å². The highest BCUT2D eigenvalue weighted by atomic mass is 16.5. The van der Waals surface area contributed by atoms with E-state index in [1.54, 1.807) is 37.4 Å². The van der Waals surface area contributed by atoms with Gasteiger partial charge in [-0.3, -0.25) is 14.5 Å². The van der Waals surface area contributed by atoms with Crippen LogP contribution in [0.25, 0.3) is 5.76 Å². The van der Waals surface area contributed by atoms with Crippen molar-refractivity contribution in [3.05, 3.63) is 94.6 Å². The molecule has 6 heteroatoms. The van der Waals surface area contributed by atoms with Crippen LogP contribution < -0.4 is 14.4 Å². The van der Waals surface area contributed by atoms with Gasteiger partial charge in [0.25, 0.3) is 11.7 Å². The quantitative estimate of drug-likeness (QED) is 0.274. The van der Waals surface area contributed by atoms with Crippen LogP contribution in [0.2, 0.25) is 0 Å². The zero-order valence-electron chi connectivity index (χ0n) is 21.6. The van der Waals surface area contributed by atoms with Gasteiger partial charge in [-0.15, -0.1) is 0 Å². The topological polar surface area (TPSA) is 76.1 Å². The predicted molar refractivity (Wildman–Crippen MR) is 143 cm³/mol. The average Bonchev–Trinajstić information content (AvgIpc) is 3.17. The molecule has 37 heavy (non-hydrogen) atoms. The predicted octanol–water partition coefficient (Wildman–Crippen LogP) is 5.94. The normalized spacial score (nSPS) is 18.9. The van der Waals surface area contributed by atoms with Crippen molar-refractivity contribution in [2.45, 2.75) is 45.1 Å². The molecule has 1 saturated heterocycles. The molecule has 1 atom stereocenters. The summed E-state index contributed by atoms with van der Waals surface area (Å²) in [5.74, 6) is -0.257. The maximum atomic E-state index is 13.5. The highest BCUT2D eigenvalue weighted by Gasteiger charge is 2.47. The summed E-state index contributed by atoms with van der Waals surface area (Å²) in [5.41, 5.74) is 3.85. The fraction of sp³-hybridized carbons (Fsp3) is 0.290. The first kappa shape index (κ1) is 24.6. The van der Waals surface area contributed by atoms with Gasteiger partial charge >= 0.3 is 0 Å². The summed E-state index contributed by atoms with van der Waals surface area (Å²) in [7, 11) is 1.55. The molecule has 0 aliphatic carbocycles. The van der Waals surface area contributed by atoms with E-state index in [9.17, 15) is 14.7 Å². The van der Waals surface area contributed by atoms with Gasteiger partial charge in [0.15, 0.2) is 0 Å². The lowest BCUT2D eigenvalue weighted by Crippen LogP contribution is -2.29. The van der Waals surface area contributed by atoms with Crippen molar-refractivity contribution < 1.29 is 24.2 Å². The monoisotopic (exact) mass is 497 g/mol. The minimum atomic E-state index is -0.798. The van der Waals surface area contributed by atoms with Crippen molar-refractivity contribution in [2.24, 2.45) is 0 Å². The van der Waals surface area contributed by atoms with Gasteiger partial charge < -0.3 is 14.6 Å². The third-order valence-corrected chi connectivity index (χ3v) is 7.05. The van der Waals surface area contributed by atoms with E-state index in [1.807, 2.05) is 36.4 Å². The van der Waals surface area contributed by atoms with E-state index in [0.717, 1.165) is 35.3 Å². The molecule has 3 aromatic carbocycles. The number of carbonyl (C=O) groups is 2. The van der Waals surface area contributed by atoms with E-state index in [-0.39, 0.29) is 16.7 Å². The lowest BCUT2D eigenvalue weighted by Gasteiger charge is -2.27. The number of fused-ring (bicyclic) bond motifs is 1. The number of hydrogen-bond acceptors (Lipinski definition) is 5. The molecule has 190 valence electrons. The number of hydrogen-bond donors (Lipinski definition) is 1. The smallest absolute Gasteiger partial charge is 0.300 e. The van der Waals surface area contributed by atoms with Crippen molar-refractivity contribution in [1.29, 1.82) is 0 Å². The van der Waals surface area contributed by atoms with Crippen molar-refractivity contribution in [3.63, 3.8) is 0 Å². The number of ketones is 1. The van der Waals surface area contributed by atoms with Crippen LogP contribution in [0.5, 0.6) is 11.5 Å². The van der Waals surface area contributed by atoms with Crippen LogP contribution in [0.3, 0.4) is 0 Å². The molecule has 2 heterocycles. The second-order valence-corrected chi connectivity index (χ2v) is 10.5. The molecule has 0 spiro atoms. The van der Waals surface area contributed by atoms with Gasteiger partial charge in [-0.1, -0.05) is 51.1 Å². The molecule has 1 unspecified atom stereocenters. The maximum Gasteiger partial charge on any atom is 0.300 e. The first-order valence-corrected chi connectivity index (χ1v) is 12.5. The number of carbonyl (C=O) groups excluding carboxylic acids is 2. The van der Waals surface area contributed by atoms with Crippen LogP contribution in [0.15, 0.2) is 72.3 Å². The molecule has 0 bridgehead atoms. The highest BCUT2D eigenvalue weighted by molar-refractivity contribution is 6.51. The summed E-state index contributed by atoms with van der Waals surface area (Å²) in [6, 6.07) is 19.5. The van der Waals surface area contributed by atoms with Crippen LogP contribution in [0.4, 0.5) is 5.69 Å². The molecule has 3 aromatic rings. The van der Waals surface area contributed by atoms with Gasteiger partial charge in [0.05, 0.1) is 25.3 Å². The molecule has 2 aliphatic heterocycles. The number of aryl methyl sites for hydroxylation is 1. The number of Topliss-reactive ketones (excluding diaryl/α,β-unsaturated/α-hetero) is 1. The van der Waals surface area contributed by atoms with Crippen LogP contribution in [0, 0.1) is 0 Å². The zero-order chi connectivity index (χ0) is 26.3. The molecule has 6 nitrogen and oxygen atoms in total. The minimum absolute atomic E-state index is 0.0572. The lowest BCUT2D eigenvalue weighted by atomic mass is 9.85. The summed E-state index contributed by atoms with van der Waals surface area (Å²) in [4.78, 5) is 28.4. The number of aliphatic hydroxyl groups is 1. The van der Waals surface area contributed by atoms with E-state index >= 15 is 0 Å². The van der Waals surface area contributed by atoms with Gasteiger partial charge in [0, 0.05) is 17.3 Å². The molecule has 0 radical (unpaired) electrons. The van der Waals surface area contributed by atoms with Gasteiger partial charge in [-0.2, -0.15) is 0 Å². The second-order valence-electron chi connectivity index (χ2n) is 10.5. The van der Waals surface area contributed by atoms with Crippen molar-refractivity contribution in [3.8, 4) is 11.5 Å². The fourth-order valence-electron chi connectivity index (χ4n) is 5.00. The lowest BCUT2D eigenvalue weighted by molar-refractivity contribution is -0.132. The third kappa shape index (κ3) is 4.48. The first-order valence-electron chi connectivity index (χ1n) is 12.5. The Hall–Kier alpha value is -4.06. The van der Waals surface area contributed by atoms with E-state index in [0.29, 0.717) is 23.6 Å². The van der Waals surface area contributed by atoms with Crippen molar-refractivity contribution >= 4 is 23.1 Å². The average molecular weight is 498 g/mol. The second kappa shape index (κ2) is 9.43. The van der Waals surface area contributed by atoms with E-state index in [2.05, 4.69) is 20.8 Å². The molecule has 1 N–H and O–H groups in total. The Labute approximate surface area is 217 Å². The Balaban J connectivity index is 1.68. The Morgan fingerprint density at radius 2 is 1.78 bits per heavy atom. The third-order valence-electron chi connectivity index (χ3n) is 7.05. The molecule has 1 fully saturated rings. The number of ether oxygens (including phenoxy) is 2. The summed E-state index contributed by atoms with van der Waals surface area (Å²) in [6.45, 7) is 7.05. The van der Waals surface area contributed by atoms with Gasteiger partial charge in [-0.05, 0) is 65.3 Å². The van der Waals surface area contributed by atoms with E-state index < -0.39 is 17.7 Å². The first-order chi connectivity index (χ1) is 17.7. The van der Waals surface area contributed by atoms with Crippen molar-refractivity contribution in [2.75, 3.05) is 18.6 Å². The number of nitrogens with zero attached hydrogens (tertiary/aromatic N) is 1. The SMILES string of the molecule is COc1cccc(N2C(=O)C(=O)/C(=C(\O)c3ccc4c(c3)CCCO4)C2c2ccc(C(C)(C)C)cc2)c1. The number of amides is 1. The number of aliphatic hydroxyl groups excluding tert-OH is 1. The standard InChI is InChI=1S/C31H31NO5/c1-31(2,3)22-13-10-19(11-14-22)27-26(28(33)21-12-15-25-20(17-21)7-6-16-37-25)29(34)30(35)32(27)23-8-5-9-24(18-23)36-4/h5,8-15,17-18,27,33H,6-7,16H2,1-4H3/b28-26-. The van der Waals surface area contributed by atoms with Gasteiger partial charge in [0.1, 0.15) is 17.3 Å². The van der Waals surface area contributed by atoms with Crippen LogP contribution >= 0.6 is 0 Å². The number of benzene rings is 3. The van der Waals surface area contributed by atoms with Gasteiger partial charge in [-0.25, -0.2) is 0 Å². The van der Waals surface area contributed by atoms with E-state index in [1.165, 1.54) is 4.90 Å². The molecule has 1 amide bonds. The van der Waals surface area contributed by atoms with Gasteiger partial charge in [0.2, 0.25) is 0 Å². The minimum Gasteiger partial charge on any atom is -0.507 e. The Kier molecular flexibility index (Phi) is 6.28. The summed E-state index contributed by atoms with van der Waals surface area (Å²) < 4.78 is 11.1. The molecule has 5 rings (SSSR count). The molecular weight excluding hydrogens is 466 g/mol. The summed E-state index contributed by atoms with van der Waals surface area (Å²) in [5, 5.41) is 11.5. The summed E-state index contributed by atoms with van der Waals surface area (Å²) in [6.07, 6.45) is 1.71. The maximum absolute atomic E-state index is 13.5. The Morgan fingerprint density at radius 1 is 1.03 bits per heavy atom. The number of methoxy groups -OCH3 is 1. The van der Waals surface area contributed by atoms with Crippen LogP contribution in [-0.2, 0) is 21.4 Å².